The summed E-state index contributed by atoms with van der Waals surface area (Å²) in [7, 11) is 0. The number of nitrogens with two attached hydrogens (primary N) is 1. The summed E-state index contributed by atoms with van der Waals surface area (Å²) >= 11 is 0. The van der Waals surface area contributed by atoms with Gasteiger partial charge in [0.25, 0.3) is 5.91 Å². The minimum Gasteiger partial charge on any atom is -0.444 e. The van der Waals surface area contributed by atoms with Gasteiger partial charge in [0.05, 0.1) is 5.56 Å². The molecule has 120 valence electrons. The van der Waals surface area contributed by atoms with E-state index < -0.39 is 18.0 Å². The Labute approximate surface area is 139 Å². The van der Waals surface area contributed by atoms with Crippen LogP contribution in [0.25, 0.3) is 5.69 Å². The van der Waals surface area contributed by atoms with E-state index in [2.05, 4.69) is 0 Å². The fraction of sp³-hybridized carbons (Fsp3) is 0.0526. The number of amides is 1. The highest BCUT2D eigenvalue weighted by Gasteiger charge is 2.23. The number of ether oxygens (including phenoxy) is 1. The molecule has 3 rings (SSSR count). The molecule has 2 N–H and O–H groups in total. The lowest BCUT2D eigenvalue weighted by molar-refractivity contribution is -0.127. The van der Waals surface area contributed by atoms with Gasteiger partial charge in [-0.25, -0.2) is 4.79 Å². The average Bonchev–Trinajstić information content (AvgIpc) is 3.15. The normalized spacial score (nSPS) is 11.7. The highest BCUT2D eigenvalue weighted by Crippen LogP contribution is 2.19. The molecule has 0 radical (unpaired) electrons. The standard InChI is InChI=1S/C19H16N2O3/c20-18(22)17(14-6-2-1-3-7-14)24-19(23)15-8-10-16(11-9-15)21-12-4-5-13-21/h1-13,17H,(H2,20,22)/t17-/m0/s1. The first-order valence-corrected chi connectivity index (χ1v) is 7.44. The van der Waals surface area contributed by atoms with Gasteiger partial charge in [0, 0.05) is 23.6 Å². The number of rotatable bonds is 5. The molecule has 2 aromatic carbocycles. The fourth-order valence-electron chi connectivity index (χ4n) is 2.37. The first-order chi connectivity index (χ1) is 11.6. The van der Waals surface area contributed by atoms with Crippen molar-refractivity contribution < 1.29 is 14.3 Å². The SMILES string of the molecule is NC(=O)[C@@H](OC(=O)c1ccc(-n2cccc2)cc1)c1ccccc1. The molecule has 5 nitrogen and oxygen atoms in total. The Morgan fingerprint density at radius 3 is 2.08 bits per heavy atom. The summed E-state index contributed by atoms with van der Waals surface area (Å²) < 4.78 is 7.22. The molecule has 1 atom stereocenters. The molecule has 24 heavy (non-hydrogen) atoms. The lowest BCUT2D eigenvalue weighted by Gasteiger charge is -2.15. The van der Waals surface area contributed by atoms with Crippen LogP contribution in [0.4, 0.5) is 0 Å². The Hall–Kier alpha value is -3.34. The maximum atomic E-state index is 12.3. The molecule has 0 saturated carbocycles. The van der Waals surface area contributed by atoms with Gasteiger partial charge < -0.3 is 15.0 Å². The van der Waals surface area contributed by atoms with Crippen LogP contribution in [0.15, 0.2) is 79.1 Å². The Morgan fingerprint density at radius 1 is 0.875 bits per heavy atom. The Morgan fingerprint density at radius 2 is 1.50 bits per heavy atom. The first kappa shape index (κ1) is 15.6. The molecule has 0 spiro atoms. The van der Waals surface area contributed by atoms with Gasteiger partial charge in [-0.15, -0.1) is 0 Å². The predicted octanol–water partition coefficient (Wildman–Crippen LogP) is 2.86. The second-order valence-corrected chi connectivity index (χ2v) is 5.24. The van der Waals surface area contributed by atoms with E-state index >= 15 is 0 Å². The van der Waals surface area contributed by atoms with Crippen molar-refractivity contribution in [2.24, 2.45) is 5.73 Å². The van der Waals surface area contributed by atoms with Gasteiger partial charge in [0.15, 0.2) is 0 Å². The van der Waals surface area contributed by atoms with E-state index in [1.165, 1.54) is 0 Å². The number of esters is 1. The van der Waals surface area contributed by atoms with E-state index in [4.69, 9.17) is 10.5 Å². The molecule has 1 aromatic heterocycles. The van der Waals surface area contributed by atoms with Crippen LogP contribution in [0.1, 0.15) is 22.0 Å². The molecule has 5 heteroatoms. The summed E-state index contributed by atoms with van der Waals surface area (Å²) in [6, 6.07) is 19.5. The third kappa shape index (κ3) is 3.35. The second-order valence-electron chi connectivity index (χ2n) is 5.24. The van der Waals surface area contributed by atoms with Crippen LogP contribution in [-0.4, -0.2) is 16.4 Å². The molecule has 3 aromatic rings. The van der Waals surface area contributed by atoms with Crippen LogP contribution in [0.3, 0.4) is 0 Å². The molecule has 0 saturated heterocycles. The van der Waals surface area contributed by atoms with Crippen molar-refractivity contribution in [1.29, 1.82) is 0 Å². The smallest absolute Gasteiger partial charge is 0.339 e. The number of hydrogen-bond acceptors (Lipinski definition) is 3. The molecular weight excluding hydrogens is 304 g/mol. The largest absolute Gasteiger partial charge is 0.444 e. The van der Waals surface area contributed by atoms with E-state index in [1.54, 1.807) is 48.5 Å². The van der Waals surface area contributed by atoms with Crippen molar-refractivity contribution in [2.45, 2.75) is 6.10 Å². The molecule has 0 fully saturated rings. The van der Waals surface area contributed by atoms with Crippen LogP contribution in [-0.2, 0) is 9.53 Å². The van der Waals surface area contributed by atoms with Crippen LogP contribution < -0.4 is 5.73 Å². The average molecular weight is 320 g/mol. The van der Waals surface area contributed by atoms with Gasteiger partial charge in [0.2, 0.25) is 6.10 Å². The van der Waals surface area contributed by atoms with E-state index in [9.17, 15) is 9.59 Å². The van der Waals surface area contributed by atoms with Crippen molar-refractivity contribution in [3.8, 4) is 5.69 Å². The van der Waals surface area contributed by atoms with Crippen LogP contribution >= 0.6 is 0 Å². The third-order valence-electron chi connectivity index (χ3n) is 3.59. The van der Waals surface area contributed by atoms with E-state index in [0.29, 0.717) is 11.1 Å². The zero-order valence-corrected chi connectivity index (χ0v) is 12.8. The van der Waals surface area contributed by atoms with Gasteiger partial charge in [-0.3, -0.25) is 4.79 Å². The highest BCUT2D eigenvalue weighted by molar-refractivity contribution is 5.92. The predicted molar refractivity (Wildman–Crippen MR) is 89.6 cm³/mol. The Kier molecular flexibility index (Phi) is 4.43. The maximum Gasteiger partial charge on any atom is 0.339 e. The van der Waals surface area contributed by atoms with Gasteiger partial charge in [0.1, 0.15) is 0 Å². The summed E-state index contributed by atoms with van der Waals surface area (Å²) in [6.07, 6.45) is 2.71. The molecule has 0 aliphatic heterocycles. The van der Waals surface area contributed by atoms with Gasteiger partial charge in [-0.2, -0.15) is 0 Å². The molecular formula is C19H16N2O3. The molecule has 0 unspecified atom stereocenters. The van der Waals surface area contributed by atoms with E-state index in [-0.39, 0.29) is 0 Å². The first-order valence-electron chi connectivity index (χ1n) is 7.44. The summed E-state index contributed by atoms with van der Waals surface area (Å²) in [5, 5.41) is 0. The molecule has 1 heterocycles. The summed E-state index contributed by atoms with van der Waals surface area (Å²) in [5.41, 5.74) is 7.18. The van der Waals surface area contributed by atoms with Gasteiger partial charge >= 0.3 is 5.97 Å². The van der Waals surface area contributed by atoms with Gasteiger partial charge in [-0.1, -0.05) is 30.3 Å². The molecule has 0 aliphatic rings. The van der Waals surface area contributed by atoms with Crippen LogP contribution in [0, 0.1) is 0 Å². The third-order valence-corrected chi connectivity index (χ3v) is 3.59. The van der Waals surface area contributed by atoms with Crippen molar-refractivity contribution >= 4 is 11.9 Å². The zero-order valence-electron chi connectivity index (χ0n) is 12.8. The highest BCUT2D eigenvalue weighted by atomic mass is 16.5. The number of hydrogen-bond donors (Lipinski definition) is 1. The maximum absolute atomic E-state index is 12.3. The number of aromatic nitrogens is 1. The van der Waals surface area contributed by atoms with Gasteiger partial charge in [-0.05, 0) is 36.4 Å². The minimum atomic E-state index is -1.11. The lowest BCUT2D eigenvalue weighted by atomic mass is 10.1. The van der Waals surface area contributed by atoms with Crippen molar-refractivity contribution in [3.63, 3.8) is 0 Å². The molecule has 0 bridgehead atoms. The lowest BCUT2D eigenvalue weighted by Crippen LogP contribution is -2.26. The van der Waals surface area contributed by atoms with E-state index in [1.807, 2.05) is 35.2 Å². The second kappa shape index (κ2) is 6.83. The number of nitrogens with zero attached hydrogens (tertiary/aromatic N) is 1. The number of carbonyl (C=O) groups is 2. The fourth-order valence-corrected chi connectivity index (χ4v) is 2.37. The minimum absolute atomic E-state index is 0.355. The molecule has 0 aliphatic carbocycles. The van der Waals surface area contributed by atoms with Crippen molar-refractivity contribution in [1.82, 2.24) is 4.57 Å². The summed E-state index contributed by atoms with van der Waals surface area (Å²) in [4.78, 5) is 23.9. The van der Waals surface area contributed by atoms with E-state index in [0.717, 1.165) is 5.69 Å². The van der Waals surface area contributed by atoms with Crippen LogP contribution in [0.2, 0.25) is 0 Å². The topological polar surface area (TPSA) is 74.3 Å². The number of benzene rings is 2. The Bertz CT molecular complexity index is 825. The molecule has 1 amide bonds. The Balaban J connectivity index is 1.77. The number of primary amides is 1. The van der Waals surface area contributed by atoms with Crippen molar-refractivity contribution in [2.75, 3.05) is 0 Å². The monoisotopic (exact) mass is 320 g/mol. The quantitative estimate of drug-likeness (QED) is 0.735. The van der Waals surface area contributed by atoms with Crippen LogP contribution in [0.5, 0.6) is 0 Å². The summed E-state index contributed by atoms with van der Waals surface area (Å²) in [6.45, 7) is 0. The summed E-state index contributed by atoms with van der Waals surface area (Å²) in [5.74, 6) is -1.31. The zero-order chi connectivity index (χ0) is 16.9. The number of carbonyl (C=O) groups excluding carboxylic acids is 2. The van der Waals surface area contributed by atoms with Crippen molar-refractivity contribution in [3.05, 3.63) is 90.3 Å².